The van der Waals surface area contributed by atoms with Crippen LogP contribution in [0.4, 0.5) is 4.79 Å². The number of primary amides is 1. The first-order valence-corrected chi connectivity index (χ1v) is 6.09. The Bertz CT molecular complexity index is 315. The zero-order chi connectivity index (χ0) is 14.8. The second kappa shape index (κ2) is 9.15. The zero-order valence-electron chi connectivity index (χ0n) is 11.0. The second-order valence-corrected chi connectivity index (χ2v) is 4.06. The van der Waals surface area contributed by atoms with Gasteiger partial charge in [0.2, 0.25) is 5.91 Å². The van der Waals surface area contributed by atoms with Gasteiger partial charge in [0.1, 0.15) is 6.04 Å². The van der Waals surface area contributed by atoms with Gasteiger partial charge < -0.3 is 26.2 Å². The number of aliphatic hydroxyl groups excluding tert-OH is 1. The molecule has 0 spiro atoms. The van der Waals surface area contributed by atoms with Crippen molar-refractivity contribution in [3.63, 3.8) is 0 Å². The van der Waals surface area contributed by atoms with Crippen molar-refractivity contribution in [2.45, 2.75) is 32.2 Å². The molecule has 0 bridgehead atoms. The molecule has 0 aromatic rings. The van der Waals surface area contributed by atoms with E-state index in [1.54, 1.807) is 0 Å². The molecule has 0 aromatic heterocycles. The van der Waals surface area contributed by atoms with E-state index in [1.165, 1.54) is 4.90 Å². The number of hydrogen-bond donors (Lipinski definition) is 4. The van der Waals surface area contributed by atoms with E-state index in [2.05, 4.69) is 5.32 Å². The summed E-state index contributed by atoms with van der Waals surface area (Å²) in [5.74, 6) is -1.85. The summed E-state index contributed by atoms with van der Waals surface area (Å²) in [7, 11) is 0. The number of carboxylic acid groups (broad SMARTS) is 1. The fourth-order valence-electron chi connectivity index (χ4n) is 1.49. The molecular formula is C11H21N3O5. The number of urea groups is 1. The minimum absolute atomic E-state index is 0.0600. The van der Waals surface area contributed by atoms with Gasteiger partial charge in [-0.05, 0) is 12.8 Å². The van der Waals surface area contributed by atoms with Crippen molar-refractivity contribution in [3.8, 4) is 0 Å². The van der Waals surface area contributed by atoms with Crippen LogP contribution in [-0.2, 0) is 9.59 Å². The molecule has 0 aromatic carbocycles. The van der Waals surface area contributed by atoms with Crippen molar-refractivity contribution in [1.29, 1.82) is 0 Å². The highest BCUT2D eigenvalue weighted by atomic mass is 16.4. The third-order valence-corrected chi connectivity index (χ3v) is 2.43. The number of rotatable bonds is 9. The Hall–Kier alpha value is -1.83. The first kappa shape index (κ1) is 17.2. The Kier molecular flexibility index (Phi) is 8.27. The molecule has 110 valence electrons. The molecule has 0 aliphatic heterocycles. The van der Waals surface area contributed by atoms with Crippen molar-refractivity contribution in [1.82, 2.24) is 10.2 Å². The fraction of sp³-hybridized carbons (Fsp3) is 0.727. The quantitative estimate of drug-likeness (QED) is 0.433. The van der Waals surface area contributed by atoms with E-state index >= 15 is 0 Å². The lowest BCUT2D eigenvalue weighted by Gasteiger charge is -2.24. The molecular weight excluding hydrogens is 254 g/mol. The maximum absolute atomic E-state index is 11.8. The van der Waals surface area contributed by atoms with Gasteiger partial charge in [-0.2, -0.15) is 0 Å². The fourth-order valence-corrected chi connectivity index (χ4v) is 1.49. The molecule has 0 radical (unpaired) electrons. The molecule has 8 heteroatoms. The highest BCUT2D eigenvalue weighted by Crippen LogP contribution is 2.00. The lowest BCUT2D eigenvalue weighted by molar-refractivity contribution is -0.139. The van der Waals surface area contributed by atoms with Gasteiger partial charge in [-0.1, -0.05) is 6.92 Å². The number of carboxylic acids is 1. The van der Waals surface area contributed by atoms with Gasteiger partial charge in [0.15, 0.2) is 0 Å². The monoisotopic (exact) mass is 275 g/mol. The first-order chi connectivity index (χ1) is 8.92. The average molecular weight is 275 g/mol. The average Bonchev–Trinajstić information content (AvgIpc) is 2.33. The summed E-state index contributed by atoms with van der Waals surface area (Å²) in [5.41, 5.74) is 4.94. The Labute approximate surface area is 111 Å². The van der Waals surface area contributed by atoms with E-state index in [0.29, 0.717) is 13.0 Å². The molecule has 0 fully saturated rings. The Balaban J connectivity index is 4.49. The number of hydrogen-bond acceptors (Lipinski definition) is 4. The molecule has 0 aliphatic carbocycles. The standard InChI is InChI=1S/C11H21N3O5/c1-2-5-14(6-7-15)11(19)13-8(10(17)18)3-4-9(12)16/h8,15H,2-7H2,1H3,(H2,12,16)(H,13,19)(H,17,18)/t8-/m0/s1. The van der Waals surface area contributed by atoms with Gasteiger partial charge in [-0.3, -0.25) is 4.79 Å². The number of carbonyl (C=O) groups is 3. The van der Waals surface area contributed by atoms with Gasteiger partial charge in [0.25, 0.3) is 0 Å². The van der Waals surface area contributed by atoms with E-state index in [9.17, 15) is 14.4 Å². The van der Waals surface area contributed by atoms with Gasteiger partial charge in [-0.25, -0.2) is 9.59 Å². The number of amides is 3. The normalized spacial score (nSPS) is 11.7. The van der Waals surface area contributed by atoms with E-state index in [4.69, 9.17) is 15.9 Å². The lowest BCUT2D eigenvalue weighted by atomic mass is 10.1. The van der Waals surface area contributed by atoms with Crippen LogP contribution in [0.3, 0.4) is 0 Å². The molecule has 1 atom stereocenters. The maximum atomic E-state index is 11.8. The molecule has 0 saturated heterocycles. The van der Waals surface area contributed by atoms with Crippen LogP contribution >= 0.6 is 0 Å². The summed E-state index contributed by atoms with van der Waals surface area (Å²) in [6.45, 7) is 2.20. The van der Waals surface area contributed by atoms with Gasteiger partial charge >= 0.3 is 12.0 Å². The minimum Gasteiger partial charge on any atom is -0.480 e. The van der Waals surface area contributed by atoms with Crippen molar-refractivity contribution < 1.29 is 24.6 Å². The third-order valence-electron chi connectivity index (χ3n) is 2.43. The smallest absolute Gasteiger partial charge is 0.326 e. The van der Waals surface area contributed by atoms with Gasteiger partial charge in [0.05, 0.1) is 6.61 Å². The topological polar surface area (TPSA) is 133 Å². The van der Waals surface area contributed by atoms with Crippen molar-refractivity contribution in [2.24, 2.45) is 5.73 Å². The van der Waals surface area contributed by atoms with Crippen LogP contribution in [0.5, 0.6) is 0 Å². The van der Waals surface area contributed by atoms with E-state index < -0.39 is 23.9 Å². The Morgan fingerprint density at radius 1 is 1.32 bits per heavy atom. The van der Waals surface area contributed by atoms with Crippen LogP contribution in [0.2, 0.25) is 0 Å². The Morgan fingerprint density at radius 2 is 1.95 bits per heavy atom. The highest BCUT2D eigenvalue weighted by molar-refractivity contribution is 5.83. The molecule has 5 N–H and O–H groups in total. The van der Waals surface area contributed by atoms with E-state index in [0.717, 1.165) is 0 Å². The van der Waals surface area contributed by atoms with Crippen molar-refractivity contribution >= 4 is 17.9 Å². The SMILES string of the molecule is CCCN(CCO)C(=O)N[C@@H](CCC(N)=O)C(=O)O. The molecule has 0 saturated carbocycles. The third kappa shape index (κ3) is 7.24. The predicted octanol–water partition coefficient (Wildman–Crippen LogP) is -0.881. The zero-order valence-corrected chi connectivity index (χ0v) is 11.0. The molecule has 0 heterocycles. The maximum Gasteiger partial charge on any atom is 0.326 e. The lowest BCUT2D eigenvalue weighted by Crippen LogP contribution is -2.49. The number of carbonyl (C=O) groups excluding carboxylic acids is 2. The number of aliphatic hydroxyl groups is 1. The van der Waals surface area contributed by atoms with Crippen molar-refractivity contribution in [2.75, 3.05) is 19.7 Å². The summed E-state index contributed by atoms with van der Waals surface area (Å²) in [6.07, 6.45) is 0.507. The largest absolute Gasteiger partial charge is 0.480 e. The van der Waals surface area contributed by atoms with Crippen LogP contribution in [0, 0.1) is 0 Å². The number of aliphatic carboxylic acids is 1. The number of nitrogens with two attached hydrogens (primary N) is 1. The molecule has 19 heavy (non-hydrogen) atoms. The summed E-state index contributed by atoms with van der Waals surface area (Å²) in [4.78, 5) is 34.7. The Morgan fingerprint density at radius 3 is 2.37 bits per heavy atom. The summed E-state index contributed by atoms with van der Waals surface area (Å²) >= 11 is 0. The first-order valence-electron chi connectivity index (χ1n) is 6.09. The summed E-state index contributed by atoms with van der Waals surface area (Å²) in [6, 6.07) is -1.74. The van der Waals surface area contributed by atoms with Crippen LogP contribution in [0.1, 0.15) is 26.2 Å². The molecule has 8 nitrogen and oxygen atoms in total. The highest BCUT2D eigenvalue weighted by Gasteiger charge is 2.23. The molecule has 3 amide bonds. The molecule has 0 aliphatic rings. The summed E-state index contributed by atoms with van der Waals surface area (Å²) < 4.78 is 0. The van der Waals surface area contributed by atoms with Crippen LogP contribution in [-0.4, -0.2) is 58.8 Å². The number of nitrogens with one attached hydrogen (secondary N) is 1. The van der Waals surface area contributed by atoms with Gasteiger partial charge in [-0.15, -0.1) is 0 Å². The van der Waals surface area contributed by atoms with Crippen molar-refractivity contribution in [3.05, 3.63) is 0 Å². The van der Waals surface area contributed by atoms with Crippen LogP contribution in [0.15, 0.2) is 0 Å². The number of nitrogens with zero attached hydrogens (tertiary/aromatic N) is 1. The van der Waals surface area contributed by atoms with Crippen LogP contribution < -0.4 is 11.1 Å². The van der Waals surface area contributed by atoms with E-state index in [-0.39, 0.29) is 26.0 Å². The molecule has 0 unspecified atom stereocenters. The van der Waals surface area contributed by atoms with E-state index in [1.807, 2.05) is 6.92 Å². The second-order valence-electron chi connectivity index (χ2n) is 4.06. The van der Waals surface area contributed by atoms with Gasteiger partial charge in [0, 0.05) is 19.5 Å². The summed E-state index contributed by atoms with van der Waals surface area (Å²) in [5, 5.41) is 20.1. The minimum atomic E-state index is -1.23. The predicted molar refractivity (Wildman–Crippen MR) is 67.3 cm³/mol. The van der Waals surface area contributed by atoms with Crippen LogP contribution in [0.25, 0.3) is 0 Å². The molecule has 0 rings (SSSR count).